The van der Waals surface area contributed by atoms with Gasteiger partial charge in [-0.2, -0.15) is 0 Å². The van der Waals surface area contributed by atoms with Gasteiger partial charge in [0.05, 0.1) is 10.6 Å². The summed E-state index contributed by atoms with van der Waals surface area (Å²) < 4.78 is 27.2. The number of hydrogen-bond acceptors (Lipinski definition) is 4. The lowest BCUT2D eigenvalue weighted by molar-refractivity contribution is 0.600. The van der Waals surface area contributed by atoms with Crippen molar-refractivity contribution in [3.05, 3.63) is 54.4 Å². The molecule has 2 aromatic rings. The molecule has 21 heavy (non-hydrogen) atoms. The highest BCUT2D eigenvalue weighted by Crippen LogP contribution is 2.16. The summed E-state index contributed by atoms with van der Waals surface area (Å²) in [5.74, 6) is 0. The Morgan fingerprint density at radius 2 is 1.90 bits per heavy atom. The van der Waals surface area contributed by atoms with Crippen molar-refractivity contribution in [3.8, 4) is 0 Å². The molecule has 0 amide bonds. The van der Waals surface area contributed by atoms with E-state index in [0.717, 1.165) is 18.5 Å². The van der Waals surface area contributed by atoms with Gasteiger partial charge in [0.1, 0.15) is 0 Å². The van der Waals surface area contributed by atoms with E-state index in [0.29, 0.717) is 12.2 Å². The number of hydrogen-bond donors (Lipinski definition) is 2. The Bertz CT molecular complexity index is 672. The molecule has 0 aliphatic rings. The fourth-order valence-electron chi connectivity index (χ4n) is 1.87. The molecule has 0 fully saturated rings. The van der Waals surface area contributed by atoms with E-state index in [1.54, 1.807) is 42.7 Å². The predicted molar refractivity (Wildman–Crippen MR) is 83.5 cm³/mol. The van der Waals surface area contributed by atoms with Crippen molar-refractivity contribution in [2.75, 3.05) is 11.3 Å². The second kappa shape index (κ2) is 7.19. The molecule has 0 aliphatic heterocycles. The highest BCUT2D eigenvalue weighted by Gasteiger charge is 2.14. The van der Waals surface area contributed by atoms with Gasteiger partial charge in [-0.15, -0.1) is 0 Å². The van der Waals surface area contributed by atoms with Crippen molar-refractivity contribution < 1.29 is 8.42 Å². The average Bonchev–Trinajstić information content (AvgIpc) is 2.48. The first-order valence-corrected chi connectivity index (χ1v) is 8.32. The number of benzene rings is 1. The van der Waals surface area contributed by atoms with Crippen molar-refractivity contribution >= 4 is 15.7 Å². The number of nitrogens with one attached hydrogen (secondary N) is 2. The monoisotopic (exact) mass is 305 g/mol. The maximum absolute atomic E-state index is 12.3. The van der Waals surface area contributed by atoms with Crippen LogP contribution in [-0.4, -0.2) is 19.9 Å². The fourth-order valence-corrected chi connectivity index (χ4v) is 2.99. The Hall–Kier alpha value is -1.92. The van der Waals surface area contributed by atoms with E-state index in [2.05, 4.69) is 21.9 Å². The van der Waals surface area contributed by atoms with Gasteiger partial charge in [0, 0.05) is 18.9 Å². The van der Waals surface area contributed by atoms with Crippen LogP contribution >= 0.6 is 0 Å². The first kappa shape index (κ1) is 15.5. The van der Waals surface area contributed by atoms with Gasteiger partial charge >= 0.3 is 0 Å². The van der Waals surface area contributed by atoms with E-state index >= 15 is 0 Å². The van der Waals surface area contributed by atoms with Gasteiger partial charge in [-0.1, -0.05) is 19.1 Å². The SMILES string of the molecule is CCCNCc1cccc(S(=O)(=O)Nc2ccncc2)c1. The van der Waals surface area contributed by atoms with Gasteiger partial charge < -0.3 is 5.32 Å². The third-order valence-electron chi connectivity index (χ3n) is 2.90. The van der Waals surface area contributed by atoms with Crippen molar-refractivity contribution in [2.45, 2.75) is 24.8 Å². The Kier molecular flexibility index (Phi) is 5.30. The first-order valence-electron chi connectivity index (χ1n) is 6.84. The average molecular weight is 305 g/mol. The lowest BCUT2D eigenvalue weighted by Gasteiger charge is -2.09. The third kappa shape index (κ3) is 4.54. The predicted octanol–water partition coefficient (Wildman–Crippen LogP) is 2.38. The van der Waals surface area contributed by atoms with Crippen molar-refractivity contribution in [2.24, 2.45) is 0 Å². The molecule has 0 radical (unpaired) electrons. The van der Waals surface area contributed by atoms with Crippen molar-refractivity contribution in [1.29, 1.82) is 0 Å². The summed E-state index contributed by atoms with van der Waals surface area (Å²) in [4.78, 5) is 4.12. The number of aromatic nitrogens is 1. The normalized spacial score (nSPS) is 11.3. The number of nitrogens with zero attached hydrogens (tertiary/aromatic N) is 1. The van der Waals surface area contributed by atoms with Crippen LogP contribution in [0.4, 0.5) is 5.69 Å². The topological polar surface area (TPSA) is 71.1 Å². The standard InChI is InChI=1S/C15H19N3O2S/c1-2-8-17-12-13-4-3-5-15(11-13)21(19,20)18-14-6-9-16-10-7-14/h3-7,9-11,17H,2,8,12H2,1H3,(H,16,18). The lowest BCUT2D eigenvalue weighted by atomic mass is 10.2. The Morgan fingerprint density at radius 3 is 2.62 bits per heavy atom. The summed E-state index contributed by atoms with van der Waals surface area (Å²) in [7, 11) is -3.57. The zero-order chi connectivity index (χ0) is 15.1. The van der Waals surface area contributed by atoms with Gasteiger partial charge in [0.15, 0.2) is 0 Å². The van der Waals surface area contributed by atoms with E-state index in [4.69, 9.17) is 0 Å². The highest BCUT2D eigenvalue weighted by molar-refractivity contribution is 7.92. The lowest BCUT2D eigenvalue weighted by Crippen LogP contribution is -2.16. The van der Waals surface area contributed by atoms with Gasteiger partial charge in [0.25, 0.3) is 10.0 Å². The van der Waals surface area contributed by atoms with Gasteiger partial charge in [-0.05, 0) is 42.8 Å². The Balaban J connectivity index is 2.14. The molecule has 1 heterocycles. The van der Waals surface area contributed by atoms with Crippen LogP contribution in [0.2, 0.25) is 0 Å². The summed E-state index contributed by atoms with van der Waals surface area (Å²) in [6.45, 7) is 3.66. The molecule has 2 rings (SSSR count). The summed E-state index contributed by atoms with van der Waals surface area (Å²) in [5, 5.41) is 3.26. The molecule has 0 atom stereocenters. The van der Waals surface area contributed by atoms with Crippen molar-refractivity contribution in [1.82, 2.24) is 10.3 Å². The van der Waals surface area contributed by atoms with Crippen LogP contribution in [0.5, 0.6) is 0 Å². The molecule has 0 saturated heterocycles. The molecule has 1 aromatic carbocycles. The number of pyridine rings is 1. The van der Waals surface area contributed by atoms with E-state index in [1.807, 2.05) is 6.07 Å². The van der Waals surface area contributed by atoms with E-state index in [9.17, 15) is 8.42 Å². The molecule has 112 valence electrons. The molecule has 0 saturated carbocycles. The molecular formula is C15H19N3O2S. The molecule has 2 N–H and O–H groups in total. The third-order valence-corrected chi connectivity index (χ3v) is 4.28. The van der Waals surface area contributed by atoms with Gasteiger partial charge in [-0.3, -0.25) is 9.71 Å². The zero-order valence-corrected chi connectivity index (χ0v) is 12.7. The second-order valence-electron chi connectivity index (χ2n) is 4.67. The Morgan fingerprint density at radius 1 is 1.14 bits per heavy atom. The highest BCUT2D eigenvalue weighted by atomic mass is 32.2. The molecule has 1 aromatic heterocycles. The number of sulfonamides is 1. The maximum atomic E-state index is 12.3. The van der Waals surface area contributed by atoms with Crippen molar-refractivity contribution in [3.63, 3.8) is 0 Å². The van der Waals surface area contributed by atoms with Crippen LogP contribution < -0.4 is 10.0 Å². The summed E-state index contributed by atoms with van der Waals surface area (Å²) in [5.41, 5.74) is 1.44. The largest absolute Gasteiger partial charge is 0.313 e. The smallest absolute Gasteiger partial charge is 0.261 e. The minimum absolute atomic E-state index is 0.259. The molecule has 0 aliphatic carbocycles. The quantitative estimate of drug-likeness (QED) is 0.771. The number of rotatable bonds is 7. The van der Waals surface area contributed by atoms with Gasteiger partial charge in [0.2, 0.25) is 0 Å². The van der Waals surface area contributed by atoms with Crippen LogP contribution in [0, 0.1) is 0 Å². The molecule has 0 bridgehead atoms. The van der Waals surface area contributed by atoms with Crippen LogP contribution in [0.3, 0.4) is 0 Å². The Labute approximate surface area is 125 Å². The van der Waals surface area contributed by atoms with E-state index in [1.165, 1.54) is 0 Å². The summed E-state index contributed by atoms with van der Waals surface area (Å²) in [6, 6.07) is 10.2. The fraction of sp³-hybridized carbons (Fsp3) is 0.267. The minimum Gasteiger partial charge on any atom is -0.313 e. The molecule has 6 heteroatoms. The van der Waals surface area contributed by atoms with Gasteiger partial charge in [-0.25, -0.2) is 8.42 Å². The van der Waals surface area contributed by atoms with Crippen LogP contribution in [0.25, 0.3) is 0 Å². The second-order valence-corrected chi connectivity index (χ2v) is 6.35. The van der Waals surface area contributed by atoms with E-state index < -0.39 is 10.0 Å². The van der Waals surface area contributed by atoms with Crippen LogP contribution in [0.1, 0.15) is 18.9 Å². The molecule has 0 unspecified atom stereocenters. The minimum atomic E-state index is -3.57. The zero-order valence-electron chi connectivity index (χ0n) is 11.9. The number of anilines is 1. The summed E-state index contributed by atoms with van der Waals surface area (Å²) >= 11 is 0. The first-order chi connectivity index (χ1) is 10.1. The van der Waals surface area contributed by atoms with Crippen LogP contribution in [0.15, 0.2) is 53.7 Å². The van der Waals surface area contributed by atoms with E-state index in [-0.39, 0.29) is 4.90 Å². The molecule has 0 spiro atoms. The molecule has 5 nitrogen and oxygen atoms in total. The van der Waals surface area contributed by atoms with Crippen LogP contribution in [-0.2, 0) is 16.6 Å². The maximum Gasteiger partial charge on any atom is 0.261 e. The summed E-state index contributed by atoms with van der Waals surface area (Å²) in [6.07, 6.45) is 4.13. The molecular weight excluding hydrogens is 286 g/mol.